The Bertz CT molecular complexity index is 441. The third-order valence-corrected chi connectivity index (χ3v) is 2.05. The van der Waals surface area contributed by atoms with Gasteiger partial charge >= 0.3 is 0 Å². The van der Waals surface area contributed by atoms with Crippen molar-refractivity contribution in [3.05, 3.63) is 41.0 Å². The molecule has 0 aliphatic rings. The fraction of sp³-hybridized carbons (Fsp3) is 0.100. The van der Waals surface area contributed by atoms with Gasteiger partial charge in [-0.15, -0.1) is 0 Å². The van der Waals surface area contributed by atoms with E-state index >= 15 is 0 Å². The topological polar surface area (TPSA) is 47.9 Å². The van der Waals surface area contributed by atoms with E-state index in [4.69, 9.17) is 4.74 Å². The van der Waals surface area contributed by atoms with E-state index in [1.165, 1.54) is 0 Å². The van der Waals surface area contributed by atoms with Crippen LogP contribution < -0.4 is 4.74 Å². The number of hydrogen-bond donors (Lipinski definition) is 0. The summed E-state index contributed by atoms with van der Waals surface area (Å²) < 4.78 is 6.20. The van der Waals surface area contributed by atoms with Gasteiger partial charge in [-0.2, -0.15) is 4.98 Å². The van der Waals surface area contributed by atoms with Crippen molar-refractivity contribution in [2.45, 2.75) is 6.92 Å². The number of aromatic nitrogens is 3. The summed E-state index contributed by atoms with van der Waals surface area (Å²) in [5.41, 5.74) is 0. The van der Waals surface area contributed by atoms with E-state index in [0.717, 1.165) is 0 Å². The highest BCUT2D eigenvalue weighted by Crippen LogP contribution is 2.20. The molecule has 2 rings (SSSR count). The highest BCUT2D eigenvalue weighted by molar-refractivity contribution is 9.10. The molecule has 0 aromatic carbocycles. The van der Waals surface area contributed by atoms with Crippen molar-refractivity contribution in [2.24, 2.45) is 0 Å². The van der Waals surface area contributed by atoms with Crippen LogP contribution in [0.25, 0.3) is 0 Å². The smallest absolute Gasteiger partial charge is 0.223 e. The lowest BCUT2D eigenvalue weighted by atomic mass is 10.5. The van der Waals surface area contributed by atoms with Gasteiger partial charge in [0, 0.05) is 12.3 Å². The Morgan fingerprint density at radius 1 is 1.33 bits per heavy atom. The lowest BCUT2D eigenvalue weighted by Crippen LogP contribution is -1.93. The minimum absolute atomic E-state index is 0.502. The number of aryl methyl sites for hydroxylation is 1. The standard InChI is InChI=1S/C10H8BrN3O/c1-7-13-9(11)5-10(14-7)15-8-3-2-4-12-6-8/h2-6H,1H3. The van der Waals surface area contributed by atoms with Gasteiger partial charge in [-0.3, -0.25) is 4.98 Å². The quantitative estimate of drug-likeness (QED) is 0.784. The molecular formula is C10H8BrN3O. The average molecular weight is 266 g/mol. The summed E-state index contributed by atoms with van der Waals surface area (Å²) in [4.78, 5) is 12.2. The number of rotatable bonds is 2. The van der Waals surface area contributed by atoms with Crippen LogP contribution in [0.4, 0.5) is 0 Å². The largest absolute Gasteiger partial charge is 0.437 e. The Labute approximate surface area is 95.5 Å². The van der Waals surface area contributed by atoms with Crippen LogP contribution in [0, 0.1) is 6.92 Å². The Kier molecular flexibility index (Phi) is 2.91. The minimum atomic E-state index is 0.502. The SMILES string of the molecule is Cc1nc(Br)cc(Oc2cccnc2)n1. The van der Waals surface area contributed by atoms with Crippen molar-refractivity contribution in [1.82, 2.24) is 15.0 Å². The van der Waals surface area contributed by atoms with Crippen LogP contribution in [-0.2, 0) is 0 Å². The number of hydrogen-bond acceptors (Lipinski definition) is 4. The maximum absolute atomic E-state index is 5.50. The first-order valence-electron chi connectivity index (χ1n) is 4.33. The van der Waals surface area contributed by atoms with Crippen LogP contribution >= 0.6 is 15.9 Å². The Morgan fingerprint density at radius 3 is 2.87 bits per heavy atom. The predicted molar refractivity (Wildman–Crippen MR) is 58.8 cm³/mol. The summed E-state index contributed by atoms with van der Waals surface area (Å²) in [6, 6.07) is 5.33. The van der Waals surface area contributed by atoms with Gasteiger partial charge in [0.25, 0.3) is 0 Å². The predicted octanol–water partition coefficient (Wildman–Crippen LogP) is 2.73. The van der Waals surface area contributed by atoms with E-state index in [0.29, 0.717) is 22.1 Å². The van der Waals surface area contributed by atoms with E-state index in [9.17, 15) is 0 Å². The van der Waals surface area contributed by atoms with Crippen molar-refractivity contribution >= 4 is 15.9 Å². The minimum Gasteiger partial charge on any atom is -0.437 e. The third kappa shape index (κ3) is 2.73. The summed E-state index contributed by atoms with van der Waals surface area (Å²) in [6.07, 6.45) is 3.32. The molecule has 0 unspecified atom stereocenters. The maximum Gasteiger partial charge on any atom is 0.223 e. The molecule has 0 amide bonds. The van der Waals surface area contributed by atoms with Gasteiger partial charge in [0.05, 0.1) is 6.20 Å². The van der Waals surface area contributed by atoms with Crippen LogP contribution in [0.5, 0.6) is 11.6 Å². The second kappa shape index (κ2) is 4.35. The number of ether oxygens (including phenoxy) is 1. The number of nitrogens with zero attached hydrogens (tertiary/aromatic N) is 3. The first-order chi connectivity index (χ1) is 7.24. The van der Waals surface area contributed by atoms with Crippen molar-refractivity contribution in [3.8, 4) is 11.6 Å². The lowest BCUT2D eigenvalue weighted by molar-refractivity contribution is 0.457. The molecule has 76 valence electrons. The molecule has 2 heterocycles. The van der Waals surface area contributed by atoms with Crippen molar-refractivity contribution < 1.29 is 4.74 Å². The van der Waals surface area contributed by atoms with E-state index < -0.39 is 0 Å². The summed E-state index contributed by atoms with van der Waals surface area (Å²) in [6.45, 7) is 1.81. The summed E-state index contributed by atoms with van der Waals surface area (Å²) >= 11 is 3.28. The first-order valence-corrected chi connectivity index (χ1v) is 5.12. The summed E-state index contributed by atoms with van der Waals surface area (Å²) in [7, 11) is 0. The van der Waals surface area contributed by atoms with Gasteiger partial charge in [0.15, 0.2) is 0 Å². The fourth-order valence-corrected chi connectivity index (χ4v) is 1.54. The van der Waals surface area contributed by atoms with Gasteiger partial charge in [-0.05, 0) is 35.0 Å². The second-order valence-corrected chi connectivity index (χ2v) is 3.68. The molecule has 0 aliphatic carbocycles. The zero-order valence-corrected chi connectivity index (χ0v) is 9.60. The van der Waals surface area contributed by atoms with Crippen LogP contribution in [0.1, 0.15) is 5.82 Å². The molecule has 0 saturated carbocycles. The molecule has 0 aliphatic heterocycles. The molecule has 0 N–H and O–H groups in total. The lowest BCUT2D eigenvalue weighted by Gasteiger charge is -2.04. The van der Waals surface area contributed by atoms with Crippen LogP contribution in [0.15, 0.2) is 35.2 Å². The zero-order chi connectivity index (χ0) is 10.7. The molecule has 2 aromatic heterocycles. The van der Waals surface area contributed by atoms with Gasteiger partial charge in [-0.25, -0.2) is 4.98 Å². The average Bonchev–Trinajstić information content (AvgIpc) is 2.17. The molecular weight excluding hydrogens is 258 g/mol. The van der Waals surface area contributed by atoms with Crippen molar-refractivity contribution in [3.63, 3.8) is 0 Å². The van der Waals surface area contributed by atoms with E-state index in [2.05, 4.69) is 30.9 Å². The summed E-state index contributed by atoms with van der Waals surface area (Å²) in [5.74, 6) is 1.81. The molecule has 0 fully saturated rings. The molecule has 2 aromatic rings. The van der Waals surface area contributed by atoms with Gasteiger partial charge in [0.1, 0.15) is 16.2 Å². The van der Waals surface area contributed by atoms with Crippen molar-refractivity contribution in [1.29, 1.82) is 0 Å². The van der Waals surface area contributed by atoms with E-state index in [1.54, 1.807) is 31.5 Å². The Morgan fingerprint density at radius 2 is 2.20 bits per heavy atom. The normalized spacial score (nSPS) is 10.0. The van der Waals surface area contributed by atoms with Crippen molar-refractivity contribution in [2.75, 3.05) is 0 Å². The van der Waals surface area contributed by atoms with Gasteiger partial charge in [-0.1, -0.05) is 0 Å². The Hall–Kier alpha value is -1.49. The molecule has 0 saturated heterocycles. The van der Waals surface area contributed by atoms with E-state index in [1.807, 2.05) is 6.07 Å². The second-order valence-electron chi connectivity index (χ2n) is 2.87. The van der Waals surface area contributed by atoms with Gasteiger partial charge < -0.3 is 4.74 Å². The zero-order valence-electron chi connectivity index (χ0n) is 8.01. The number of halogens is 1. The van der Waals surface area contributed by atoms with Crippen LogP contribution in [-0.4, -0.2) is 15.0 Å². The molecule has 0 atom stereocenters. The molecule has 0 radical (unpaired) electrons. The molecule has 5 heteroatoms. The first kappa shape index (κ1) is 10.0. The van der Waals surface area contributed by atoms with Gasteiger partial charge in [0.2, 0.25) is 5.88 Å². The maximum atomic E-state index is 5.50. The highest BCUT2D eigenvalue weighted by Gasteiger charge is 2.01. The molecule has 4 nitrogen and oxygen atoms in total. The molecule has 0 spiro atoms. The molecule has 15 heavy (non-hydrogen) atoms. The number of pyridine rings is 1. The summed E-state index contributed by atoms with van der Waals surface area (Å²) in [5, 5.41) is 0. The highest BCUT2D eigenvalue weighted by atomic mass is 79.9. The fourth-order valence-electron chi connectivity index (χ4n) is 1.09. The van der Waals surface area contributed by atoms with Crippen LogP contribution in [0.3, 0.4) is 0 Å². The molecule has 0 bridgehead atoms. The Balaban J connectivity index is 2.25. The van der Waals surface area contributed by atoms with Crippen LogP contribution in [0.2, 0.25) is 0 Å². The van der Waals surface area contributed by atoms with E-state index in [-0.39, 0.29) is 0 Å². The third-order valence-electron chi connectivity index (χ3n) is 1.64. The monoisotopic (exact) mass is 265 g/mol.